The van der Waals surface area contributed by atoms with Crippen molar-refractivity contribution < 1.29 is 0 Å². The molecule has 0 bridgehead atoms. The van der Waals surface area contributed by atoms with E-state index in [0.717, 1.165) is 15.6 Å². The molecule has 0 aromatic heterocycles. The molecule has 0 aliphatic carbocycles. The number of nitrogens with one attached hydrogen (secondary N) is 1. The summed E-state index contributed by atoms with van der Waals surface area (Å²) in [6, 6.07) is 11.1. The van der Waals surface area contributed by atoms with Gasteiger partial charge >= 0.3 is 0 Å². The Bertz CT molecular complexity index is 619. The average Bonchev–Trinajstić information content (AvgIpc) is 2.41. The third kappa shape index (κ3) is 3.88. The molecule has 3 N–H and O–H groups in total. The van der Waals surface area contributed by atoms with Crippen molar-refractivity contribution in [2.45, 2.75) is 12.5 Å². The number of halogens is 4. The van der Waals surface area contributed by atoms with E-state index in [1.165, 1.54) is 0 Å². The fourth-order valence-electron chi connectivity index (χ4n) is 1.91. The van der Waals surface area contributed by atoms with Crippen LogP contribution in [-0.2, 0) is 6.42 Å². The Labute approximate surface area is 141 Å². The number of nitrogens with two attached hydrogens (primary N) is 1. The molecule has 2 rings (SSSR count). The van der Waals surface area contributed by atoms with Crippen LogP contribution in [0.1, 0.15) is 17.2 Å². The topological polar surface area (TPSA) is 38.0 Å². The Morgan fingerprint density at radius 1 is 1.05 bits per heavy atom. The number of hydrogen-bond donors (Lipinski definition) is 2. The molecular formula is C14H12BrCl3N2. The molecule has 2 aromatic rings. The summed E-state index contributed by atoms with van der Waals surface area (Å²) in [5, 5.41) is 1.91. The predicted molar refractivity (Wildman–Crippen MR) is 89.4 cm³/mol. The van der Waals surface area contributed by atoms with Crippen molar-refractivity contribution in [2.24, 2.45) is 5.84 Å². The quantitative estimate of drug-likeness (QED) is 0.555. The first-order chi connectivity index (χ1) is 9.51. The lowest BCUT2D eigenvalue weighted by molar-refractivity contribution is 0.552. The molecule has 0 spiro atoms. The van der Waals surface area contributed by atoms with E-state index in [1.807, 2.05) is 30.3 Å². The molecule has 0 saturated carbocycles. The van der Waals surface area contributed by atoms with Gasteiger partial charge in [0.1, 0.15) is 0 Å². The van der Waals surface area contributed by atoms with Gasteiger partial charge in [0.25, 0.3) is 0 Å². The number of benzene rings is 2. The maximum Gasteiger partial charge on any atom is 0.0548 e. The van der Waals surface area contributed by atoms with E-state index < -0.39 is 0 Å². The Morgan fingerprint density at radius 3 is 2.40 bits per heavy atom. The van der Waals surface area contributed by atoms with Crippen molar-refractivity contribution in [3.63, 3.8) is 0 Å². The maximum absolute atomic E-state index is 6.19. The molecule has 20 heavy (non-hydrogen) atoms. The first kappa shape index (κ1) is 16.1. The van der Waals surface area contributed by atoms with Crippen LogP contribution in [0, 0.1) is 0 Å². The highest BCUT2D eigenvalue weighted by Gasteiger charge is 2.14. The van der Waals surface area contributed by atoms with Gasteiger partial charge in [-0.3, -0.25) is 11.3 Å². The van der Waals surface area contributed by atoms with Crippen LogP contribution in [0.15, 0.2) is 40.9 Å². The van der Waals surface area contributed by atoms with E-state index in [1.54, 1.807) is 6.07 Å². The third-order valence-corrected chi connectivity index (χ3v) is 4.79. The lowest BCUT2D eigenvalue weighted by Crippen LogP contribution is -2.29. The average molecular weight is 395 g/mol. The van der Waals surface area contributed by atoms with Crippen molar-refractivity contribution in [3.05, 3.63) is 67.1 Å². The van der Waals surface area contributed by atoms with Crippen molar-refractivity contribution >= 4 is 50.7 Å². The van der Waals surface area contributed by atoms with E-state index in [9.17, 15) is 0 Å². The summed E-state index contributed by atoms with van der Waals surface area (Å²) in [5.74, 6) is 5.65. The number of hydrazine groups is 1. The van der Waals surface area contributed by atoms with Crippen LogP contribution >= 0.6 is 50.7 Å². The van der Waals surface area contributed by atoms with Crippen molar-refractivity contribution in [1.82, 2.24) is 5.43 Å². The minimum Gasteiger partial charge on any atom is -0.271 e. The highest BCUT2D eigenvalue weighted by Crippen LogP contribution is 2.29. The summed E-state index contributed by atoms with van der Waals surface area (Å²) in [7, 11) is 0. The molecule has 0 heterocycles. The largest absolute Gasteiger partial charge is 0.271 e. The Balaban J connectivity index is 2.26. The van der Waals surface area contributed by atoms with Gasteiger partial charge in [-0.1, -0.05) is 46.9 Å². The zero-order valence-electron chi connectivity index (χ0n) is 10.3. The number of hydrogen-bond acceptors (Lipinski definition) is 2. The minimum atomic E-state index is -0.0674. The molecule has 0 fully saturated rings. The summed E-state index contributed by atoms with van der Waals surface area (Å²) < 4.78 is 0.833. The zero-order chi connectivity index (χ0) is 14.7. The molecule has 2 nitrogen and oxygen atoms in total. The highest BCUT2D eigenvalue weighted by molar-refractivity contribution is 9.10. The first-order valence-electron chi connectivity index (χ1n) is 5.86. The highest BCUT2D eigenvalue weighted by atomic mass is 79.9. The van der Waals surface area contributed by atoms with E-state index >= 15 is 0 Å². The molecule has 0 aliphatic heterocycles. The van der Waals surface area contributed by atoms with Crippen LogP contribution in [0.2, 0.25) is 15.1 Å². The molecule has 0 radical (unpaired) electrons. The second-order valence-corrected chi connectivity index (χ2v) is 6.44. The van der Waals surface area contributed by atoms with E-state index in [4.69, 9.17) is 40.6 Å². The normalized spacial score (nSPS) is 12.4. The van der Waals surface area contributed by atoms with Gasteiger partial charge < -0.3 is 0 Å². The van der Waals surface area contributed by atoms with Crippen molar-refractivity contribution in [2.75, 3.05) is 0 Å². The van der Waals surface area contributed by atoms with Gasteiger partial charge in [-0.05, 0) is 57.7 Å². The minimum absolute atomic E-state index is 0.0674. The second-order valence-electron chi connectivity index (χ2n) is 4.33. The summed E-state index contributed by atoms with van der Waals surface area (Å²) in [5.41, 5.74) is 4.80. The van der Waals surface area contributed by atoms with Gasteiger partial charge in [-0.2, -0.15) is 0 Å². The summed E-state index contributed by atoms with van der Waals surface area (Å²) in [4.78, 5) is 0. The SMILES string of the molecule is NNC(Cc1ccc(Cl)cc1Cl)c1ccc(Cl)c(Br)c1. The smallest absolute Gasteiger partial charge is 0.0548 e. The molecule has 0 saturated heterocycles. The van der Waals surface area contributed by atoms with Gasteiger partial charge in [-0.15, -0.1) is 0 Å². The first-order valence-corrected chi connectivity index (χ1v) is 7.79. The summed E-state index contributed by atoms with van der Waals surface area (Å²) >= 11 is 21.5. The zero-order valence-corrected chi connectivity index (χ0v) is 14.2. The standard InChI is InChI=1S/C14H12BrCl3N2/c15-11-5-9(2-4-12(11)17)14(20-19)6-8-1-3-10(16)7-13(8)18/h1-5,7,14,20H,6,19H2. The molecular weight excluding hydrogens is 382 g/mol. The van der Waals surface area contributed by atoms with Crippen LogP contribution in [-0.4, -0.2) is 0 Å². The lowest BCUT2D eigenvalue weighted by atomic mass is 9.99. The Morgan fingerprint density at radius 2 is 1.80 bits per heavy atom. The monoisotopic (exact) mass is 392 g/mol. The van der Waals surface area contributed by atoms with Crippen LogP contribution in [0.3, 0.4) is 0 Å². The fourth-order valence-corrected chi connectivity index (χ4v) is 2.91. The second kappa shape index (κ2) is 7.12. The maximum atomic E-state index is 6.19. The Hall–Kier alpha value is -0.290. The molecule has 0 aliphatic rings. The molecule has 0 amide bonds. The van der Waals surface area contributed by atoms with Gasteiger partial charge in [0.15, 0.2) is 0 Å². The Kier molecular flexibility index (Phi) is 5.73. The predicted octanol–water partition coefficient (Wildman–Crippen LogP) is 5.16. The van der Waals surface area contributed by atoms with Crippen LogP contribution in [0.4, 0.5) is 0 Å². The molecule has 1 unspecified atom stereocenters. The molecule has 106 valence electrons. The summed E-state index contributed by atoms with van der Waals surface area (Å²) in [6.45, 7) is 0. The van der Waals surface area contributed by atoms with Crippen molar-refractivity contribution in [3.8, 4) is 0 Å². The molecule has 2 aromatic carbocycles. The third-order valence-electron chi connectivity index (χ3n) is 2.99. The van der Waals surface area contributed by atoms with Gasteiger partial charge in [-0.25, -0.2) is 0 Å². The van der Waals surface area contributed by atoms with Gasteiger partial charge in [0.2, 0.25) is 0 Å². The van der Waals surface area contributed by atoms with Gasteiger partial charge in [0, 0.05) is 14.5 Å². The van der Waals surface area contributed by atoms with E-state index in [2.05, 4.69) is 21.4 Å². The van der Waals surface area contributed by atoms with Crippen molar-refractivity contribution in [1.29, 1.82) is 0 Å². The van der Waals surface area contributed by atoms with E-state index in [0.29, 0.717) is 21.5 Å². The van der Waals surface area contributed by atoms with Crippen LogP contribution < -0.4 is 11.3 Å². The number of rotatable bonds is 4. The fraction of sp³-hybridized carbons (Fsp3) is 0.143. The lowest BCUT2D eigenvalue weighted by Gasteiger charge is -2.18. The van der Waals surface area contributed by atoms with E-state index in [-0.39, 0.29) is 6.04 Å². The molecule has 1 atom stereocenters. The van der Waals surface area contributed by atoms with Gasteiger partial charge in [0.05, 0.1) is 11.1 Å². The van der Waals surface area contributed by atoms with Crippen LogP contribution in [0.5, 0.6) is 0 Å². The molecule has 6 heteroatoms. The van der Waals surface area contributed by atoms with Crippen LogP contribution in [0.25, 0.3) is 0 Å². The summed E-state index contributed by atoms with van der Waals surface area (Å²) in [6.07, 6.45) is 0.653.